The Labute approximate surface area is 448 Å². The molecule has 366 valence electrons. The van der Waals surface area contributed by atoms with Gasteiger partial charge in [-0.05, 0) is 183 Å². The topological polar surface area (TPSA) is 13.1 Å². The van der Waals surface area contributed by atoms with Gasteiger partial charge in [-0.2, -0.15) is 0 Å². The van der Waals surface area contributed by atoms with Gasteiger partial charge in [0.2, 0.25) is 0 Å². The van der Waals surface area contributed by atoms with Crippen LogP contribution in [0.3, 0.4) is 0 Å². The highest BCUT2D eigenvalue weighted by atomic mass is 15.1. The van der Waals surface area contributed by atoms with E-state index >= 15 is 0 Å². The van der Waals surface area contributed by atoms with E-state index in [0.717, 1.165) is 38.5 Å². The van der Waals surface area contributed by atoms with E-state index in [1.165, 1.54) is 138 Å². The predicted molar refractivity (Wildman–Crippen MR) is 327 cm³/mol. The summed E-state index contributed by atoms with van der Waals surface area (Å²) in [4.78, 5) is 2.45. The van der Waals surface area contributed by atoms with Crippen molar-refractivity contribution in [3.8, 4) is 22.5 Å². The average Bonchev–Trinajstić information content (AvgIpc) is 4.07. The lowest BCUT2D eigenvalue weighted by molar-refractivity contribution is 0.351. The number of rotatable bonds is 9. The molecule has 77 heavy (non-hydrogen) atoms. The lowest BCUT2D eigenvalue weighted by Crippen LogP contribution is -2.20. The fraction of sp³-hybridized carbons (Fsp3) is 0.108. The minimum Gasteiger partial charge on any atom is -0.310 e. The van der Waals surface area contributed by atoms with Gasteiger partial charge in [-0.3, -0.25) is 0 Å². The van der Waals surface area contributed by atoms with E-state index in [1.807, 2.05) is 0 Å². The van der Waals surface area contributed by atoms with Crippen molar-refractivity contribution in [1.82, 2.24) is 9.13 Å². The summed E-state index contributed by atoms with van der Waals surface area (Å²) in [7, 11) is 0. The molecule has 3 nitrogen and oxygen atoms in total. The molecule has 11 aromatic carbocycles. The molecular formula is C74H55N3. The van der Waals surface area contributed by atoms with Crippen LogP contribution in [0.4, 0.5) is 11.4 Å². The molecule has 3 aliphatic rings. The second kappa shape index (κ2) is 17.7. The maximum Gasteiger partial charge on any atom is 0.0541 e. The molecule has 0 atom stereocenters. The summed E-state index contributed by atoms with van der Waals surface area (Å²) in [5, 5.41) is 13.0. The van der Waals surface area contributed by atoms with Gasteiger partial charge in [0.05, 0.1) is 27.8 Å². The van der Waals surface area contributed by atoms with Gasteiger partial charge in [-0.1, -0.05) is 176 Å². The number of para-hydroxylation sites is 4. The van der Waals surface area contributed by atoms with Crippen molar-refractivity contribution in [2.45, 2.75) is 50.4 Å². The zero-order valence-electron chi connectivity index (χ0n) is 42.9. The SMILES string of the molecule is C1=CC(c2ccc3c(c2)c2ccccc2n3-c2cc(C3CC(c4ccc(-c5ccc6ccc7c(N(C8=CCCC=C8)c8ccccc8)ccc8ccc5c6c87)cc4)C3)cc(-n3c4ccccc4c4ccccc43)c2)=CCC1. The first kappa shape index (κ1) is 44.1. The number of aromatic nitrogens is 2. The maximum atomic E-state index is 2.53. The molecule has 0 saturated heterocycles. The van der Waals surface area contributed by atoms with E-state index in [2.05, 4.69) is 263 Å². The molecule has 1 fully saturated rings. The van der Waals surface area contributed by atoms with E-state index in [1.54, 1.807) is 0 Å². The summed E-state index contributed by atoms with van der Waals surface area (Å²) in [6.45, 7) is 0. The number of fused-ring (bicyclic) bond motifs is 6. The molecule has 2 heterocycles. The number of allylic oxidation sites excluding steroid dienone is 7. The molecule has 0 amide bonds. The van der Waals surface area contributed by atoms with Crippen molar-refractivity contribution in [3.05, 3.63) is 271 Å². The zero-order chi connectivity index (χ0) is 50.6. The van der Waals surface area contributed by atoms with Crippen LogP contribution in [-0.2, 0) is 0 Å². The summed E-state index contributed by atoms with van der Waals surface area (Å²) in [5.41, 5.74) is 19.0. The summed E-state index contributed by atoms with van der Waals surface area (Å²) in [6, 6.07) is 80.5. The van der Waals surface area contributed by atoms with Crippen LogP contribution < -0.4 is 4.90 Å². The van der Waals surface area contributed by atoms with Crippen LogP contribution in [0.5, 0.6) is 0 Å². The summed E-state index contributed by atoms with van der Waals surface area (Å²) >= 11 is 0. The van der Waals surface area contributed by atoms with Crippen molar-refractivity contribution < 1.29 is 0 Å². The third-order valence-electron chi connectivity index (χ3n) is 17.5. The quantitative estimate of drug-likeness (QED) is 0.131. The molecule has 0 N–H and O–H groups in total. The first-order chi connectivity index (χ1) is 38.2. The standard InChI is InChI=1S/C74H55N3/c1-4-16-48(17-5-1)53-36-41-72-67(46-53)64-24-12-15-27-70(64)77(72)60-45-56(44-59(47-60)76-68-25-13-10-22-62(68)63-23-11-14-26-69(63)76)55-42-54(43-55)49-28-30-50(31-29-49)61-37-32-51-34-39-66-71(40-35-52-33-38-65(61)73(51)74(52)66)75(57-18-6-2-7-19-57)58-20-8-3-9-21-58/h2,4,6-8,10-41,44-47,54-55H,1,3,5,9,42-43H2. The van der Waals surface area contributed by atoms with Gasteiger partial charge in [0, 0.05) is 49.7 Å². The molecule has 0 bridgehead atoms. The van der Waals surface area contributed by atoms with Gasteiger partial charge in [0.25, 0.3) is 0 Å². The number of hydrogen-bond acceptors (Lipinski definition) is 1. The van der Waals surface area contributed by atoms with Crippen molar-refractivity contribution in [2.24, 2.45) is 0 Å². The molecule has 3 aliphatic carbocycles. The van der Waals surface area contributed by atoms with Gasteiger partial charge in [0.15, 0.2) is 0 Å². The minimum atomic E-state index is 0.432. The van der Waals surface area contributed by atoms with Crippen LogP contribution in [0.25, 0.3) is 104 Å². The van der Waals surface area contributed by atoms with E-state index < -0.39 is 0 Å². The third-order valence-corrected chi connectivity index (χ3v) is 17.5. The van der Waals surface area contributed by atoms with Gasteiger partial charge in [-0.25, -0.2) is 0 Å². The van der Waals surface area contributed by atoms with Gasteiger partial charge >= 0.3 is 0 Å². The maximum absolute atomic E-state index is 2.53. The summed E-state index contributed by atoms with van der Waals surface area (Å²) in [6.07, 6.45) is 20.5. The normalized spacial score (nSPS) is 16.6. The van der Waals surface area contributed by atoms with Crippen molar-refractivity contribution >= 4 is 92.9 Å². The number of anilines is 2. The highest BCUT2D eigenvalue weighted by Gasteiger charge is 2.33. The number of hydrogen-bond donors (Lipinski definition) is 0. The Morgan fingerprint density at radius 2 is 0.935 bits per heavy atom. The Bertz CT molecular complexity index is 4570. The van der Waals surface area contributed by atoms with Crippen LogP contribution >= 0.6 is 0 Å². The summed E-state index contributed by atoms with van der Waals surface area (Å²) in [5.74, 6) is 0.924. The highest BCUT2D eigenvalue weighted by Crippen LogP contribution is 2.50. The molecule has 0 unspecified atom stereocenters. The molecule has 0 radical (unpaired) electrons. The Hall–Kier alpha value is -9.18. The zero-order valence-corrected chi connectivity index (χ0v) is 42.9. The monoisotopic (exact) mass is 985 g/mol. The van der Waals surface area contributed by atoms with Gasteiger partial charge in [-0.15, -0.1) is 0 Å². The highest BCUT2D eigenvalue weighted by molar-refractivity contribution is 6.28. The van der Waals surface area contributed by atoms with E-state index in [9.17, 15) is 0 Å². The Morgan fingerprint density at radius 3 is 1.60 bits per heavy atom. The van der Waals surface area contributed by atoms with E-state index in [0.29, 0.717) is 11.8 Å². The lowest BCUT2D eigenvalue weighted by atomic mass is 9.68. The first-order valence-corrected chi connectivity index (χ1v) is 27.8. The smallest absolute Gasteiger partial charge is 0.0541 e. The van der Waals surface area contributed by atoms with Crippen LogP contribution in [0.15, 0.2) is 254 Å². The van der Waals surface area contributed by atoms with Crippen LogP contribution in [0.1, 0.15) is 67.1 Å². The molecule has 1 saturated carbocycles. The molecule has 16 rings (SSSR count). The average molecular weight is 986 g/mol. The fourth-order valence-corrected chi connectivity index (χ4v) is 13.7. The molecule has 2 aromatic heterocycles. The number of nitrogens with zero attached hydrogens (tertiary/aromatic N) is 3. The first-order valence-electron chi connectivity index (χ1n) is 27.8. The molecule has 13 aromatic rings. The van der Waals surface area contributed by atoms with Crippen LogP contribution in [0, 0.1) is 0 Å². The molecular weight excluding hydrogens is 931 g/mol. The Morgan fingerprint density at radius 1 is 0.377 bits per heavy atom. The Balaban J connectivity index is 0.761. The van der Waals surface area contributed by atoms with Crippen molar-refractivity contribution in [1.29, 1.82) is 0 Å². The lowest BCUT2D eigenvalue weighted by Gasteiger charge is -2.37. The van der Waals surface area contributed by atoms with Gasteiger partial charge in [0.1, 0.15) is 0 Å². The summed E-state index contributed by atoms with van der Waals surface area (Å²) < 4.78 is 5.03. The molecule has 0 spiro atoms. The van der Waals surface area contributed by atoms with Crippen LogP contribution in [-0.4, -0.2) is 9.13 Å². The van der Waals surface area contributed by atoms with Crippen molar-refractivity contribution in [3.63, 3.8) is 0 Å². The second-order valence-electron chi connectivity index (χ2n) is 21.8. The van der Waals surface area contributed by atoms with Crippen molar-refractivity contribution in [2.75, 3.05) is 4.90 Å². The second-order valence-corrected chi connectivity index (χ2v) is 21.8. The largest absolute Gasteiger partial charge is 0.310 e. The molecule has 0 aliphatic heterocycles. The fourth-order valence-electron chi connectivity index (χ4n) is 13.7. The van der Waals surface area contributed by atoms with E-state index in [4.69, 9.17) is 0 Å². The minimum absolute atomic E-state index is 0.432. The Kier molecular flexibility index (Phi) is 10.2. The predicted octanol–water partition coefficient (Wildman–Crippen LogP) is 20.2. The van der Waals surface area contributed by atoms with Crippen LogP contribution in [0.2, 0.25) is 0 Å². The van der Waals surface area contributed by atoms with Gasteiger partial charge < -0.3 is 14.0 Å². The molecule has 3 heteroatoms. The third kappa shape index (κ3) is 7.10. The van der Waals surface area contributed by atoms with E-state index in [-0.39, 0.29) is 0 Å². The number of benzene rings is 11.